The molecular formula is C12H18INOS. The Labute approximate surface area is 115 Å². The van der Waals surface area contributed by atoms with E-state index in [0.717, 1.165) is 21.3 Å². The quantitative estimate of drug-likeness (QED) is 0.820. The number of rotatable bonds is 5. The Morgan fingerprint density at radius 3 is 3.06 bits per heavy atom. The molecule has 0 bridgehead atoms. The van der Waals surface area contributed by atoms with Gasteiger partial charge in [-0.3, -0.25) is 0 Å². The molecule has 1 fully saturated rings. The molecule has 2 nitrogen and oxygen atoms in total. The first-order valence-corrected chi connectivity index (χ1v) is 8.00. The molecule has 1 aliphatic carbocycles. The Bertz CT molecular complexity index is 329. The monoisotopic (exact) mass is 351 g/mol. The number of thioether (sulfide) groups is 1. The minimum absolute atomic E-state index is 0.687. The van der Waals surface area contributed by atoms with Crippen LogP contribution in [0.15, 0.2) is 16.5 Å². The predicted octanol–water partition coefficient (Wildman–Crippen LogP) is 3.65. The van der Waals surface area contributed by atoms with E-state index in [9.17, 15) is 0 Å². The maximum absolute atomic E-state index is 5.54. The van der Waals surface area contributed by atoms with Gasteiger partial charge in [0.25, 0.3) is 0 Å². The average molecular weight is 351 g/mol. The van der Waals surface area contributed by atoms with E-state index in [-0.39, 0.29) is 0 Å². The molecule has 0 spiro atoms. The van der Waals surface area contributed by atoms with Crippen LogP contribution in [0.5, 0.6) is 0 Å². The zero-order valence-electron chi connectivity index (χ0n) is 9.54. The molecule has 2 atom stereocenters. The van der Waals surface area contributed by atoms with E-state index in [0.29, 0.717) is 6.04 Å². The van der Waals surface area contributed by atoms with E-state index < -0.39 is 0 Å². The van der Waals surface area contributed by atoms with Crippen molar-refractivity contribution in [1.82, 2.24) is 5.32 Å². The van der Waals surface area contributed by atoms with Gasteiger partial charge in [0.1, 0.15) is 5.76 Å². The van der Waals surface area contributed by atoms with Gasteiger partial charge < -0.3 is 9.73 Å². The zero-order valence-corrected chi connectivity index (χ0v) is 12.5. The summed E-state index contributed by atoms with van der Waals surface area (Å²) in [6.45, 7) is 3.12. The molecular weight excluding hydrogens is 333 g/mol. The summed E-state index contributed by atoms with van der Waals surface area (Å²) < 4.78 is 6.51. The molecule has 2 rings (SSSR count). The van der Waals surface area contributed by atoms with Crippen molar-refractivity contribution >= 4 is 34.4 Å². The standard InChI is InChI=1S/C12H18INOS/c1-2-16-11-5-3-9(7-11)14-8-10-4-6-12(13)15-10/h4,6,9,11,14H,2-3,5,7-8H2,1H3. The van der Waals surface area contributed by atoms with Gasteiger partial charge in [0.05, 0.1) is 6.54 Å². The molecule has 1 heterocycles. The fourth-order valence-electron chi connectivity index (χ4n) is 2.20. The topological polar surface area (TPSA) is 25.2 Å². The van der Waals surface area contributed by atoms with Crippen LogP contribution in [0.4, 0.5) is 0 Å². The molecule has 2 unspecified atom stereocenters. The summed E-state index contributed by atoms with van der Waals surface area (Å²) in [6.07, 6.45) is 4.00. The van der Waals surface area contributed by atoms with Crippen LogP contribution >= 0.6 is 34.4 Å². The van der Waals surface area contributed by atoms with Gasteiger partial charge in [-0.2, -0.15) is 11.8 Å². The molecule has 90 valence electrons. The molecule has 4 heteroatoms. The van der Waals surface area contributed by atoms with Crippen molar-refractivity contribution in [2.45, 2.75) is 44.0 Å². The van der Waals surface area contributed by atoms with Gasteiger partial charge in [0, 0.05) is 11.3 Å². The number of nitrogens with one attached hydrogen (secondary N) is 1. The van der Waals surface area contributed by atoms with Crippen molar-refractivity contribution in [1.29, 1.82) is 0 Å². The van der Waals surface area contributed by atoms with E-state index in [1.54, 1.807) is 0 Å². The van der Waals surface area contributed by atoms with Gasteiger partial charge in [-0.15, -0.1) is 0 Å². The van der Waals surface area contributed by atoms with E-state index in [1.165, 1.54) is 25.0 Å². The Hall–Kier alpha value is 0.320. The summed E-state index contributed by atoms with van der Waals surface area (Å²) in [6, 6.07) is 4.76. The van der Waals surface area contributed by atoms with Crippen molar-refractivity contribution in [2.24, 2.45) is 0 Å². The SMILES string of the molecule is CCSC1CCC(NCc2ccc(I)o2)C1. The number of hydrogen-bond donors (Lipinski definition) is 1. The van der Waals surface area contributed by atoms with Gasteiger partial charge in [-0.1, -0.05) is 6.92 Å². The molecule has 16 heavy (non-hydrogen) atoms. The van der Waals surface area contributed by atoms with E-state index >= 15 is 0 Å². The highest BCUT2D eigenvalue weighted by molar-refractivity contribution is 14.1. The lowest BCUT2D eigenvalue weighted by atomic mass is 10.2. The zero-order chi connectivity index (χ0) is 11.4. The summed E-state index contributed by atoms with van der Waals surface area (Å²) in [4.78, 5) is 0. The number of hydrogen-bond acceptors (Lipinski definition) is 3. The third-order valence-corrected chi connectivity index (χ3v) is 4.79. The van der Waals surface area contributed by atoms with Crippen molar-refractivity contribution in [3.05, 3.63) is 21.7 Å². The molecule has 0 saturated heterocycles. The molecule has 0 aromatic carbocycles. The van der Waals surface area contributed by atoms with Crippen LogP contribution in [0.25, 0.3) is 0 Å². The minimum Gasteiger partial charge on any atom is -0.454 e. The Kier molecular flexibility index (Phi) is 5.03. The Balaban J connectivity index is 1.71. The van der Waals surface area contributed by atoms with Crippen molar-refractivity contribution in [2.75, 3.05) is 5.75 Å². The smallest absolute Gasteiger partial charge is 0.164 e. The summed E-state index contributed by atoms with van der Waals surface area (Å²) in [5, 5.41) is 4.46. The molecule has 0 amide bonds. The second kappa shape index (κ2) is 6.31. The lowest BCUT2D eigenvalue weighted by Gasteiger charge is -2.11. The van der Waals surface area contributed by atoms with Gasteiger partial charge in [-0.05, 0) is 59.7 Å². The van der Waals surface area contributed by atoms with Crippen LogP contribution in [0, 0.1) is 3.77 Å². The first-order chi connectivity index (χ1) is 7.78. The summed E-state index contributed by atoms with van der Waals surface area (Å²) in [7, 11) is 0. The van der Waals surface area contributed by atoms with Crippen molar-refractivity contribution < 1.29 is 4.42 Å². The first-order valence-electron chi connectivity index (χ1n) is 5.87. The second-order valence-corrected chi connectivity index (χ2v) is 6.81. The maximum atomic E-state index is 5.54. The maximum Gasteiger partial charge on any atom is 0.164 e. The van der Waals surface area contributed by atoms with Gasteiger partial charge in [-0.25, -0.2) is 0 Å². The fraction of sp³-hybridized carbons (Fsp3) is 0.667. The van der Waals surface area contributed by atoms with E-state index in [1.807, 2.05) is 6.07 Å². The molecule has 1 aromatic heterocycles. The van der Waals surface area contributed by atoms with E-state index in [2.05, 4.69) is 52.7 Å². The highest BCUT2D eigenvalue weighted by atomic mass is 127. The summed E-state index contributed by atoms with van der Waals surface area (Å²) in [5.41, 5.74) is 0. The Morgan fingerprint density at radius 2 is 2.38 bits per heavy atom. The number of furan rings is 1. The second-order valence-electron chi connectivity index (χ2n) is 4.17. The Morgan fingerprint density at radius 1 is 1.50 bits per heavy atom. The average Bonchev–Trinajstić information content (AvgIpc) is 2.85. The summed E-state index contributed by atoms with van der Waals surface area (Å²) in [5.74, 6) is 2.30. The molecule has 1 aromatic rings. The highest BCUT2D eigenvalue weighted by Crippen LogP contribution is 2.29. The molecule has 1 N–H and O–H groups in total. The predicted molar refractivity (Wildman–Crippen MR) is 77.8 cm³/mol. The molecule has 1 aliphatic rings. The van der Waals surface area contributed by atoms with E-state index in [4.69, 9.17) is 4.42 Å². The van der Waals surface area contributed by atoms with Crippen LogP contribution < -0.4 is 5.32 Å². The van der Waals surface area contributed by atoms with Gasteiger partial charge in [0.15, 0.2) is 3.77 Å². The fourth-order valence-corrected chi connectivity index (χ4v) is 3.81. The van der Waals surface area contributed by atoms with Crippen LogP contribution in [0.1, 0.15) is 31.9 Å². The lowest BCUT2D eigenvalue weighted by molar-refractivity contribution is 0.434. The normalized spacial score (nSPS) is 25.1. The van der Waals surface area contributed by atoms with Crippen LogP contribution in [0.2, 0.25) is 0 Å². The van der Waals surface area contributed by atoms with Crippen molar-refractivity contribution in [3.8, 4) is 0 Å². The van der Waals surface area contributed by atoms with Gasteiger partial charge >= 0.3 is 0 Å². The third-order valence-electron chi connectivity index (χ3n) is 2.98. The lowest BCUT2D eigenvalue weighted by Crippen LogP contribution is -2.25. The third kappa shape index (κ3) is 3.67. The number of halogens is 1. The van der Waals surface area contributed by atoms with Crippen LogP contribution in [-0.4, -0.2) is 17.0 Å². The first kappa shape index (κ1) is 12.8. The van der Waals surface area contributed by atoms with Crippen LogP contribution in [-0.2, 0) is 6.54 Å². The van der Waals surface area contributed by atoms with Gasteiger partial charge in [0.2, 0.25) is 0 Å². The molecule has 0 aliphatic heterocycles. The minimum atomic E-state index is 0.687. The van der Waals surface area contributed by atoms with Crippen LogP contribution in [0.3, 0.4) is 0 Å². The summed E-state index contributed by atoms with van der Waals surface area (Å²) >= 11 is 4.31. The highest BCUT2D eigenvalue weighted by Gasteiger charge is 2.24. The molecule has 1 saturated carbocycles. The molecule has 0 radical (unpaired) electrons. The van der Waals surface area contributed by atoms with Crippen molar-refractivity contribution in [3.63, 3.8) is 0 Å². The largest absolute Gasteiger partial charge is 0.454 e.